The van der Waals surface area contributed by atoms with Crippen molar-refractivity contribution in [1.82, 2.24) is 5.32 Å². The molecule has 0 heterocycles. The predicted octanol–water partition coefficient (Wildman–Crippen LogP) is 4.62. The molecule has 2 rings (SSSR count). The summed E-state index contributed by atoms with van der Waals surface area (Å²) in [5.41, 5.74) is 8.11. The van der Waals surface area contributed by atoms with Crippen molar-refractivity contribution in [3.05, 3.63) is 69.8 Å². The average molecular weight is 267 g/mol. The fraction of sp³-hybridized carbons (Fsp3) is 0.368. The summed E-state index contributed by atoms with van der Waals surface area (Å²) in [6.45, 7) is 11.8. The van der Waals surface area contributed by atoms with Gasteiger partial charge in [0.05, 0.1) is 6.04 Å². The summed E-state index contributed by atoms with van der Waals surface area (Å²) < 4.78 is 0. The first-order valence-electron chi connectivity index (χ1n) is 7.40. The molecule has 0 radical (unpaired) electrons. The van der Waals surface area contributed by atoms with Gasteiger partial charge < -0.3 is 5.32 Å². The topological polar surface area (TPSA) is 12.0 Å². The molecular formula is C19H25N. The number of hydrogen-bond acceptors (Lipinski definition) is 1. The van der Waals surface area contributed by atoms with Crippen molar-refractivity contribution in [1.29, 1.82) is 0 Å². The number of aryl methyl sites for hydroxylation is 4. The van der Waals surface area contributed by atoms with Crippen molar-refractivity contribution in [2.45, 2.75) is 40.7 Å². The molecule has 0 saturated heterocycles. The third-order valence-electron chi connectivity index (χ3n) is 4.02. The maximum atomic E-state index is 3.63. The molecule has 0 spiro atoms. The van der Waals surface area contributed by atoms with E-state index >= 15 is 0 Å². The summed E-state index contributed by atoms with van der Waals surface area (Å²) in [5.74, 6) is 0. The van der Waals surface area contributed by atoms with Crippen LogP contribution in [0.4, 0.5) is 0 Å². The SMILES string of the molecule is CCNC(c1ccc(C)c(C)c1)c1cc(C)ccc1C. The maximum absolute atomic E-state index is 3.63. The van der Waals surface area contributed by atoms with Gasteiger partial charge in [0.25, 0.3) is 0 Å². The lowest BCUT2D eigenvalue weighted by Gasteiger charge is -2.22. The molecule has 0 aliphatic carbocycles. The van der Waals surface area contributed by atoms with Gasteiger partial charge in [-0.05, 0) is 62.1 Å². The van der Waals surface area contributed by atoms with Gasteiger partial charge in [0.1, 0.15) is 0 Å². The van der Waals surface area contributed by atoms with Crippen LogP contribution in [0.25, 0.3) is 0 Å². The van der Waals surface area contributed by atoms with E-state index in [2.05, 4.69) is 76.3 Å². The van der Waals surface area contributed by atoms with Crippen molar-refractivity contribution in [2.75, 3.05) is 6.54 Å². The van der Waals surface area contributed by atoms with Crippen LogP contribution in [0.2, 0.25) is 0 Å². The summed E-state index contributed by atoms with van der Waals surface area (Å²) >= 11 is 0. The molecule has 106 valence electrons. The van der Waals surface area contributed by atoms with Crippen molar-refractivity contribution in [3.8, 4) is 0 Å². The van der Waals surface area contributed by atoms with Gasteiger partial charge in [-0.25, -0.2) is 0 Å². The molecule has 0 bridgehead atoms. The molecule has 0 fully saturated rings. The first kappa shape index (κ1) is 14.8. The highest BCUT2D eigenvalue weighted by atomic mass is 14.9. The monoisotopic (exact) mass is 267 g/mol. The molecule has 0 aliphatic rings. The Labute approximate surface area is 123 Å². The minimum Gasteiger partial charge on any atom is -0.307 e. The van der Waals surface area contributed by atoms with Crippen LogP contribution in [0.1, 0.15) is 46.3 Å². The Balaban J connectivity index is 2.49. The Kier molecular flexibility index (Phi) is 4.61. The van der Waals surface area contributed by atoms with Gasteiger partial charge in [-0.2, -0.15) is 0 Å². The Morgan fingerprint density at radius 3 is 2.20 bits per heavy atom. The Hall–Kier alpha value is -1.60. The molecule has 0 aliphatic heterocycles. The fourth-order valence-corrected chi connectivity index (χ4v) is 2.63. The van der Waals surface area contributed by atoms with Gasteiger partial charge in [-0.15, -0.1) is 0 Å². The van der Waals surface area contributed by atoms with Gasteiger partial charge in [0.2, 0.25) is 0 Å². The smallest absolute Gasteiger partial charge is 0.0579 e. The van der Waals surface area contributed by atoms with E-state index in [4.69, 9.17) is 0 Å². The third-order valence-corrected chi connectivity index (χ3v) is 4.02. The Bertz CT molecular complexity index is 599. The molecular weight excluding hydrogens is 242 g/mol. The molecule has 2 aromatic rings. The highest BCUT2D eigenvalue weighted by Gasteiger charge is 2.15. The number of rotatable bonds is 4. The maximum Gasteiger partial charge on any atom is 0.0579 e. The van der Waals surface area contributed by atoms with Crippen LogP contribution in [0.5, 0.6) is 0 Å². The molecule has 1 atom stereocenters. The second kappa shape index (κ2) is 6.23. The van der Waals surface area contributed by atoms with E-state index in [1.165, 1.54) is 33.4 Å². The summed E-state index contributed by atoms with van der Waals surface area (Å²) in [6.07, 6.45) is 0. The van der Waals surface area contributed by atoms with Crippen LogP contribution < -0.4 is 5.32 Å². The molecule has 2 aromatic carbocycles. The first-order valence-corrected chi connectivity index (χ1v) is 7.40. The standard InChI is InChI=1S/C19H25N/c1-6-20-19(17-10-9-14(3)16(5)12-17)18-11-13(2)7-8-15(18)4/h7-12,19-20H,6H2,1-5H3. The van der Waals surface area contributed by atoms with E-state index < -0.39 is 0 Å². The predicted molar refractivity (Wildman–Crippen MR) is 87.4 cm³/mol. The highest BCUT2D eigenvalue weighted by molar-refractivity contribution is 5.41. The largest absolute Gasteiger partial charge is 0.307 e. The minimum absolute atomic E-state index is 0.277. The third kappa shape index (κ3) is 3.10. The molecule has 1 unspecified atom stereocenters. The van der Waals surface area contributed by atoms with Crippen LogP contribution in [0.3, 0.4) is 0 Å². The number of hydrogen-bond donors (Lipinski definition) is 1. The van der Waals surface area contributed by atoms with Crippen molar-refractivity contribution < 1.29 is 0 Å². The zero-order valence-corrected chi connectivity index (χ0v) is 13.2. The lowest BCUT2D eigenvalue weighted by molar-refractivity contribution is 0.627. The zero-order chi connectivity index (χ0) is 14.7. The van der Waals surface area contributed by atoms with Crippen LogP contribution in [-0.2, 0) is 0 Å². The van der Waals surface area contributed by atoms with Gasteiger partial charge >= 0.3 is 0 Å². The van der Waals surface area contributed by atoms with Crippen LogP contribution >= 0.6 is 0 Å². The quantitative estimate of drug-likeness (QED) is 0.852. The Morgan fingerprint density at radius 2 is 1.55 bits per heavy atom. The zero-order valence-electron chi connectivity index (χ0n) is 13.2. The summed E-state index contributed by atoms with van der Waals surface area (Å²) in [6, 6.07) is 13.8. The van der Waals surface area contributed by atoms with Gasteiger partial charge in [-0.1, -0.05) is 48.9 Å². The van der Waals surface area contributed by atoms with E-state index in [1.807, 2.05) is 0 Å². The molecule has 1 heteroatoms. The number of benzene rings is 2. The Morgan fingerprint density at radius 1 is 0.850 bits per heavy atom. The summed E-state index contributed by atoms with van der Waals surface area (Å²) in [7, 11) is 0. The summed E-state index contributed by atoms with van der Waals surface area (Å²) in [5, 5.41) is 3.63. The van der Waals surface area contributed by atoms with E-state index in [9.17, 15) is 0 Å². The molecule has 1 N–H and O–H groups in total. The van der Waals surface area contributed by atoms with Crippen LogP contribution in [0.15, 0.2) is 36.4 Å². The van der Waals surface area contributed by atoms with Crippen molar-refractivity contribution in [2.24, 2.45) is 0 Å². The van der Waals surface area contributed by atoms with Crippen molar-refractivity contribution >= 4 is 0 Å². The lowest BCUT2D eigenvalue weighted by Crippen LogP contribution is -2.23. The fourth-order valence-electron chi connectivity index (χ4n) is 2.63. The van der Waals surface area contributed by atoms with E-state index in [0.29, 0.717) is 0 Å². The second-order valence-electron chi connectivity index (χ2n) is 5.69. The van der Waals surface area contributed by atoms with Gasteiger partial charge in [0.15, 0.2) is 0 Å². The van der Waals surface area contributed by atoms with E-state index in [1.54, 1.807) is 0 Å². The summed E-state index contributed by atoms with van der Waals surface area (Å²) in [4.78, 5) is 0. The van der Waals surface area contributed by atoms with Crippen molar-refractivity contribution in [3.63, 3.8) is 0 Å². The highest BCUT2D eigenvalue weighted by Crippen LogP contribution is 2.27. The molecule has 0 aromatic heterocycles. The second-order valence-corrected chi connectivity index (χ2v) is 5.69. The number of nitrogens with one attached hydrogen (secondary N) is 1. The van der Waals surface area contributed by atoms with Gasteiger partial charge in [-0.3, -0.25) is 0 Å². The minimum atomic E-state index is 0.277. The van der Waals surface area contributed by atoms with Crippen LogP contribution in [-0.4, -0.2) is 6.54 Å². The molecule has 20 heavy (non-hydrogen) atoms. The first-order chi connectivity index (χ1) is 9.52. The molecule has 0 saturated carbocycles. The van der Waals surface area contributed by atoms with E-state index in [-0.39, 0.29) is 6.04 Å². The lowest BCUT2D eigenvalue weighted by atomic mass is 9.92. The molecule has 0 amide bonds. The normalized spacial score (nSPS) is 12.4. The average Bonchev–Trinajstić information content (AvgIpc) is 2.42. The van der Waals surface area contributed by atoms with E-state index in [0.717, 1.165) is 6.54 Å². The molecule has 1 nitrogen and oxygen atoms in total. The van der Waals surface area contributed by atoms with Gasteiger partial charge in [0, 0.05) is 0 Å². The van der Waals surface area contributed by atoms with Crippen LogP contribution in [0, 0.1) is 27.7 Å².